The van der Waals surface area contributed by atoms with Gasteiger partial charge >= 0.3 is 0 Å². The first kappa shape index (κ1) is 14.4. The molecule has 1 aromatic rings. The fourth-order valence-electron chi connectivity index (χ4n) is 2.59. The molecule has 1 aliphatic rings. The van der Waals surface area contributed by atoms with Crippen molar-refractivity contribution < 1.29 is 4.74 Å². The van der Waals surface area contributed by atoms with E-state index in [9.17, 15) is 0 Å². The highest BCUT2D eigenvalue weighted by Crippen LogP contribution is 2.34. The summed E-state index contributed by atoms with van der Waals surface area (Å²) in [6.07, 6.45) is 0. The Morgan fingerprint density at radius 3 is 2.26 bits per heavy atom. The van der Waals surface area contributed by atoms with Gasteiger partial charge in [0.05, 0.1) is 13.2 Å². The molecule has 106 valence electrons. The van der Waals surface area contributed by atoms with E-state index in [4.69, 9.17) is 4.74 Å². The van der Waals surface area contributed by atoms with E-state index in [1.807, 2.05) is 0 Å². The van der Waals surface area contributed by atoms with Crippen LogP contribution in [0.25, 0.3) is 0 Å². The van der Waals surface area contributed by atoms with Crippen molar-refractivity contribution in [1.29, 1.82) is 0 Å². The van der Waals surface area contributed by atoms with Crippen LogP contribution in [0.4, 0.5) is 5.69 Å². The second-order valence-corrected chi connectivity index (χ2v) is 6.78. The molecule has 0 unspecified atom stereocenters. The lowest BCUT2D eigenvalue weighted by atomic mass is 9.83. The number of ether oxygens (including phenoxy) is 1. The Hall–Kier alpha value is -1.02. The molecular formula is C17H27NO. The van der Waals surface area contributed by atoms with Gasteiger partial charge in [-0.15, -0.1) is 0 Å². The summed E-state index contributed by atoms with van der Waals surface area (Å²) in [7, 11) is 0. The molecule has 0 aromatic heterocycles. The highest BCUT2D eigenvalue weighted by atomic mass is 16.5. The number of benzene rings is 1. The molecular weight excluding hydrogens is 234 g/mol. The van der Waals surface area contributed by atoms with E-state index >= 15 is 0 Å². The highest BCUT2D eigenvalue weighted by Gasteiger charge is 2.23. The third kappa shape index (κ3) is 3.30. The largest absolute Gasteiger partial charge is 0.378 e. The molecule has 2 nitrogen and oxygen atoms in total. The minimum Gasteiger partial charge on any atom is -0.378 e. The van der Waals surface area contributed by atoms with E-state index in [-0.39, 0.29) is 5.41 Å². The van der Waals surface area contributed by atoms with Crippen molar-refractivity contribution in [2.24, 2.45) is 0 Å². The predicted octanol–water partition coefficient (Wildman–Crippen LogP) is 3.94. The minimum atomic E-state index is 0.179. The van der Waals surface area contributed by atoms with Gasteiger partial charge in [-0.25, -0.2) is 0 Å². The second kappa shape index (κ2) is 5.54. The van der Waals surface area contributed by atoms with E-state index in [1.54, 1.807) is 0 Å². The average Bonchev–Trinajstić information content (AvgIpc) is 2.38. The van der Waals surface area contributed by atoms with Crippen molar-refractivity contribution >= 4 is 5.69 Å². The number of hydrogen-bond acceptors (Lipinski definition) is 2. The number of rotatable bonds is 2. The molecule has 0 atom stereocenters. The molecule has 1 heterocycles. The molecule has 0 saturated carbocycles. The SMILES string of the molecule is CC(C)c1ccc(N2CCOCC2)c(C(C)(C)C)c1. The lowest BCUT2D eigenvalue weighted by Gasteiger charge is -2.34. The number of morpholine rings is 1. The molecule has 1 saturated heterocycles. The number of hydrogen-bond donors (Lipinski definition) is 0. The smallest absolute Gasteiger partial charge is 0.0642 e. The van der Waals surface area contributed by atoms with Gasteiger partial charge in [0.15, 0.2) is 0 Å². The Morgan fingerprint density at radius 2 is 1.74 bits per heavy atom. The summed E-state index contributed by atoms with van der Waals surface area (Å²) in [5.41, 5.74) is 4.46. The van der Waals surface area contributed by atoms with Gasteiger partial charge in [0.1, 0.15) is 0 Å². The topological polar surface area (TPSA) is 12.5 Å². The van der Waals surface area contributed by atoms with Crippen LogP contribution in [-0.2, 0) is 10.2 Å². The van der Waals surface area contributed by atoms with Crippen molar-refractivity contribution in [2.45, 2.75) is 46.0 Å². The van der Waals surface area contributed by atoms with Crippen LogP contribution in [0.5, 0.6) is 0 Å². The maximum Gasteiger partial charge on any atom is 0.0642 e. The van der Waals surface area contributed by atoms with Gasteiger partial charge in [0, 0.05) is 18.8 Å². The van der Waals surface area contributed by atoms with Crippen LogP contribution in [-0.4, -0.2) is 26.3 Å². The molecule has 1 fully saturated rings. The summed E-state index contributed by atoms with van der Waals surface area (Å²) in [6.45, 7) is 15.1. The number of anilines is 1. The first-order valence-corrected chi connectivity index (χ1v) is 7.36. The zero-order valence-electron chi connectivity index (χ0n) is 13.0. The molecule has 0 N–H and O–H groups in total. The summed E-state index contributed by atoms with van der Waals surface area (Å²) >= 11 is 0. The van der Waals surface area contributed by atoms with Gasteiger partial charge in [-0.1, -0.05) is 46.8 Å². The van der Waals surface area contributed by atoms with Gasteiger partial charge in [0.2, 0.25) is 0 Å². The second-order valence-electron chi connectivity index (χ2n) is 6.78. The molecule has 0 amide bonds. The lowest BCUT2D eigenvalue weighted by molar-refractivity contribution is 0.122. The Morgan fingerprint density at radius 1 is 1.11 bits per heavy atom. The minimum absolute atomic E-state index is 0.179. The summed E-state index contributed by atoms with van der Waals surface area (Å²) in [5, 5.41) is 0. The average molecular weight is 261 g/mol. The van der Waals surface area contributed by atoms with E-state index in [1.165, 1.54) is 16.8 Å². The lowest BCUT2D eigenvalue weighted by Crippen LogP contribution is -2.37. The predicted molar refractivity (Wildman–Crippen MR) is 82.3 cm³/mol. The van der Waals surface area contributed by atoms with Crippen molar-refractivity contribution in [2.75, 3.05) is 31.2 Å². The van der Waals surface area contributed by atoms with E-state index in [0.717, 1.165) is 26.3 Å². The van der Waals surface area contributed by atoms with Crippen LogP contribution >= 0.6 is 0 Å². The van der Waals surface area contributed by atoms with Crippen molar-refractivity contribution in [3.8, 4) is 0 Å². The zero-order valence-corrected chi connectivity index (χ0v) is 13.0. The van der Waals surface area contributed by atoms with E-state index in [2.05, 4.69) is 57.7 Å². The highest BCUT2D eigenvalue weighted by molar-refractivity contribution is 5.58. The fourth-order valence-corrected chi connectivity index (χ4v) is 2.59. The third-order valence-corrected chi connectivity index (χ3v) is 3.85. The quantitative estimate of drug-likeness (QED) is 0.799. The van der Waals surface area contributed by atoms with Crippen LogP contribution in [0.3, 0.4) is 0 Å². The van der Waals surface area contributed by atoms with Crippen molar-refractivity contribution in [3.05, 3.63) is 29.3 Å². The third-order valence-electron chi connectivity index (χ3n) is 3.85. The molecule has 2 rings (SSSR count). The Labute approximate surface area is 117 Å². The molecule has 0 bridgehead atoms. The summed E-state index contributed by atoms with van der Waals surface area (Å²) in [6, 6.07) is 6.99. The first-order chi connectivity index (χ1) is 8.89. The molecule has 1 aliphatic heterocycles. The summed E-state index contributed by atoms with van der Waals surface area (Å²) in [4.78, 5) is 2.47. The van der Waals surface area contributed by atoms with Crippen molar-refractivity contribution in [1.82, 2.24) is 0 Å². The van der Waals surface area contributed by atoms with Crippen LogP contribution in [0.1, 0.15) is 51.7 Å². The van der Waals surface area contributed by atoms with E-state index in [0.29, 0.717) is 5.92 Å². The molecule has 1 aromatic carbocycles. The molecule has 19 heavy (non-hydrogen) atoms. The van der Waals surface area contributed by atoms with Crippen LogP contribution in [0.2, 0.25) is 0 Å². The maximum atomic E-state index is 5.47. The number of nitrogens with zero attached hydrogens (tertiary/aromatic N) is 1. The van der Waals surface area contributed by atoms with Crippen LogP contribution in [0.15, 0.2) is 18.2 Å². The fraction of sp³-hybridized carbons (Fsp3) is 0.647. The zero-order chi connectivity index (χ0) is 14.0. The molecule has 2 heteroatoms. The van der Waals surface area contributed by atoms with Gasteiger partial charge < -0.3 is 9.64 Å². The Kier molecular flexibility index (Phi) is 4.19. The summed E-state index contributed by atoms with van der Waals surface area (Å²) in [5.74, 6) is 0.583. The monoisotopic (exact) mass is 261 g/mol. The summed E-state index contributed by atoms with van der Waals surface area (Å²) < 4.78 is 5.47. The molecule has 0 aliphatic carbocycles. The van der Waals surface area contributed by atoms with Gasteiger partial charge in [-0.2, -0.15) is 0 Å². The van der Waals surface area contributed by atoms with Crippen LogP contribution < -0.4 is 4.90 Å². The first-order valence-electron chi connectivity index (χ1n) is 7.36. The Balaban J connectivity index is 2.41. The maximum absolute atomic E-state index is 5.47. The normalized spacial score (nSPS) is 17.1. The van der Waals surface area contributed by atoms with E-state index < -0.39 is 0 Å². The Bertz CT molecular complexity index is 425. The standard InChI is InChI=1S/C17H27NO/c1-13(2)14-6-7-16(15(12-14)17(3,4)5)18-8-10-19-11-9-18/h6-7,12-13H,8-11H2,1-5H3. The van der Waals surface area contributed by atoms with Crippen LogP contribution in [0, 0.1) is 0 Å². The molecule has 0 spiro atoms. The molecule has 0 radical (unpaired) electrons. The van der Waals surface area contributed by atoms with Gasteiger partial charge in [0.25, 0.3) is 0 Å². The van der Waals surface area contributed by atoms with Gasteiger partial charge in [-0.05, 0) is 28.5 Å². The van der Waals surface area contributed by atoms with Gasteiger partial charge in [-0.3, -0.25) is 0 Å². The van der Waals surface area contributed by atoms with Crippen molar-refractivity contribution in [3.63, 3.8) is 0 Å².